The van der Waals surface area contributed by atoms with E-state index in [0.717, 1.165) is 6.42 Å². The Labute approximate surface area is 132 Å². The number of methoxy groups -OCH3 is 1. The van der Waals surface area contributed by atoms with E-state index in [1.54, 1.807) is 6.07 Å². The number of nitrogens with one attached hydrogen (secondary N) is 1. The second-order valence-electron chi connectivity index (χ2n) is 4.21. The maximum Gasteiger partial charge on any atom is 0.244 e. The Morgan fingerprint density at radius 3 is 2.70 bits per heavy atom. The molecule has 0 aliphatic rings. The van der Waals surface area contributed by atoms with Crippen LogP contribution in [0.5, 0.6) is 5.75 Å². The highest BCUT2D eigenvalue weighted by Crippen LogP contribution is 2.35. The number of aliphatic hydroxyl groups is 1. The van der Waals surface area contributed by atoms with Gasteiger partial charge in [-0.15, -0.1) is 0 Å². The summed E-state index contributed by atoms with van der Waals surface area (Å²) in [6.07, 6.45) is 0.580. The topological polar surface area (TPSA) is 75.6 Å². The Hall–Kier alpha value is -0.340. The van der Waals surface area contributed by atoms with E-state index in [4.69, 9.17) is 16.3 Å². The van der Waals surface area contributed by atoms with Crippen LogP contribution < -0.4 is 9.46 Å². The summed E-state index contributed by atoms with van der Waals surface area (Å²) in [4.78, 5) is -0.0666. The second-order valence-corrected chi connectivity index (χ2v) is 7.24. The minimum atomic E-state index is -3.81. The van der Waals surface area contributed by atoms with Gasteiger partial charge in [0, 0.05) is 11.6 Å². The molecule has 0 spiro atoms. The molecule has 0 saturated heterocycles. The standard InChI is InChI=1S/C12H17BrClNO4S/c1-3-4-9(16)7-15-20(17,18)11-6-8(14)5-10(13)12(11)19-2/h5-6,9,15-16H,3-4,7H2,1-2H3. The minimum absolute atomic E-state index is 0.0521. The molecule has 20 heavy (non-hydrogen) atoms. The number of hydrogen-bond acceptors (Lipinski definition) is 4. The van der Waals surface area contributed by atoms with Crippen molar-refractivity contribution in [1.82, 2.24) is 4.72 Å². The van der Waals surface area contributed by atoms with E-state index in [1.165, 1.54) is 13.2 Å². The van der Waals surface area contributed by atoms with Crippen LogP contribution in [0, 0.1) is 0 Å². The van der Waals surface area contributed by atoms with Crippen LogP contribution in [0.15, 0.2) is 21.5 Å². The van der Waals surface area contributed by atoms with Crippen molar-refractivity contribution in [1.29, 1.82) is 0 Å². The van der Waals surface area contributed by atoms with Crippen molar-refractivity contribution in [3.8, 4) is 5.75 Å². The van der Waals surface area contributed by atoms with Crippen molar-refractivity contribution in [3.05, 3.63) is 21.6 Å². The SMILES string of the molecule is CCCC(O)CNS(=O)(=O)c1cc(Cl)cc(Br)c1OC. The molecule has 1 aromatic rings. The van der Waals surface area contributed by atoms with E-state index < -0.39 is 16.1 Å². The number of hydrogen-bond donors (Lipinski definition) is 2. The van der Waals surface area contributed by atoms with Crippen LogP contribution in [0.3, 0.4) is 0 Å². The quantitative estimate of drug-likeness (QED) is 0.755. The number of aliphatic hydroxyl groups excluding tert-OH is 1. The summed E-state index contributed by atoms with van der Waals surface area (Å²) < 4.78 is 32.4. The van der Waals surface area contributed by atoms with Gasteiger partial charge in [0.15, 0.2) is 5.75 Å². The van der Waals surface area contributed by atoms with Crippen molar-refractivity contribution in [2.24, 2.45) is 0 Å². The number of ether oxygens (including phenoxy) is 1. The van der Waals surface area contributed by atoms with Crippen LogP contribution in [0.25, 0.3) is 0 Å². The average Bonchev–Trinajstić information content (AvgIpc) is 2.36. The van der Waals surface area contributed by atoms with Gasteiger partial charge in [-0.05, 0) is 34.5 Å². The molecule has 2 N–H and O–H groups in total. The first-order valence-corrected chi connectivity index (χ1v) is 8.68. The number of benzene rings is 1. The highest BCUT2D eigenvalue weighted by molar-refractivity contribution is 9.10. The molecule has 0 heterocycles. The first-order chi connectivity index (χ1) is 9.31. The molecule has 0 amide bonds. The third-order valence-electron chi connectivity index (χ3n) is 2.60. The third kappa shape index (κ3) is 4.60. The lowest BCUT2D eigenvalue weighted by molar-refractivity contribution is 0.167. The van der Waals surface area contributed by atoms with Gasteiger partial charge in [-0.25, -0.2) is 13.1 Å². The molecule has 0 fully saturated rings. The monoisotopic (exact) mass is 385 g/mol. The fourth-order valence-corrected chi connectivity index (χ4v) is 4.11. The van der Waals surface area contributed by atoms with E-state index in [0.29, 0.717) is 10.9 Å². The van der Waals surface area contributed by atoms with Crippen LogP contribution in [0.1, 0.15) is 19.8 Å². The molecular formula is C12H17BrClNO4S. The molecule has 0 aliphatic carbocycles. The fraction of sp³-hybridized carbons (Fsp3) is 0.500. The summed E-state index contributed by atoms with van der Waals surface area (Å²) in [5.41, 5.74) is 0. The lowest BCUT2D eigenvalue weighted by Crippen LogP contribution is -2.32. The Morgan fingerprint density at radius 1 is 1.50 bits per heavy atom. The zero-order chi connectivity index (χ0) is 15.3. The Morgan fingerprint density at radius 2 is 2.15 bits per heavy atom. The van der Waals surface area contributed by atoms with Gasteiger partial charge < -0.3 is 9.84 Å². The molecule has 114 valence electrons. The van der Waals surface area contributed by atoms with Crippen LogP contribution in [0.4, 0.5) is 0 Å². The molecule has 0 aromatic heterocycles. The van der Waals surface area contributed by atoms with Crippen LogP contribution in [0.2, 0.25) is 5.02 Å². The van der Waals surface area contributed by atoms with Crippen molar-refractivity contribution < 1.29 is 18.3 Å². The molecule has 1 atom stereocenters. The molecule has 1 unspecified atom stereocenters. The maximum atomic E-state index is 12.2. The first kappa shape index (κ1) is 17.7. The summed E-state index contributed by atoms with van der Waals surface area (Å²) in [7, 11) is -2.44. The number of halogens is 2. The molecule has 1 rings (SSSR count). The van der Waals surface area contributed by atoms with Gasteiger partial charge in [-0.1, -0.05) is 24.9 Å². The van der Waals surface area contributed by atoms with E-state index in [1.807, 2.05) is 6.92 Å². The van der Waals surface area contributed by atoms with E-state index in [-0.39, 0.29) is 22.2 Å². The summed E-state index contributed by atoms with van der Waals surface area (Å²) >= 11 is 9.07. The van der Waals surface area contributed by atoms with Crippen LogP contribution >= 0.6 is 27.5 Å². The predicted octanol–water partition coefficient (Wildman–Crippen LogP) is 2.55. The summed E-state index contributed by atoms with van der Waals surface area (Å²) in [6.45, 7) is 1.86. The lowest BCUT2D eigenvalue weighted by Gasteiger charge is -2.14. The molecule has 0 saturated carbocycles. The van der Waals surface area contributed by atoms with Crippen molar-refractivity contribution in [2.75, 3.05) is 13.7 Å². The summed E-state index contributed by atoms with van der Waals surface area (Å²) in [5, 5.41) is 9.87. The lowest BCUT2D eigenvalue weighted by atomic mass is 10.2. The molecular weight excluding hydrogens is 370 g/mol. The number of rotatable bonds is 7. The average molecular weight is 387 g/mol. The summed E-state index contributed by atoms with van der Waals surface area (Å²) in [5.74, 6) is 0.173. The van der Waals surface area contributed by atoms with Crippen LogP contribution in [-0.4, -0.2) is 33.3 Å². The van der Waals surface area contributed by atoms with Crippen LogP contribution in [-0.2, 0) is 10.0 Å². The Balaban J connectivity index is 3.03. The van der Waals surface area contributed by atoms with Crippen molar-refractivity contribution in [3.63, 3.8) is 0 Å². The van der Waals surface area contributed by atoms with E-state index >= 15 is 0 Å². The largest absolute Gasteiger partial charge is 0.494 e. The third-order valence-corrected chi connectivity index (χ3v) is 4.84. The van der Waals surface area contributed by atoms with Gasteiger partial charge in [-0.3, -0.25) is 0 Å². The predicted molar refractivity (Wildman–Crippen MR) is 81.8 cm³/mol. The molecule has 1 aromatic carbocycles. The molecule has 0 bridgehead atoms. The van der Waals surface area contributed by atoms with Gasteiger partial charge in [0.05, 0.1) is 17.7 Å². The van der Waals surface area contributed by atoms with Gasteiger partial charge in [0.2, 0.25) is 10.0 Å². The van der Waals surface area contributed by atoms with E-state index in [2.05, 4.69) is 20.7 Å². The Kier molecular flexibility index (Phi) is 6.74. The highest BCUT2D eigenvalue weighted by Gasteiger charge is 2.23. The normalized spacial score (nSPS) is 13.2. The molecule has 0 radical (unpaired) electrons. The number of sulfonamides is 1. The minimum Gasteiger partial charge on any atom is -0.494 e. The first-order valence-electron chi connectivity index (χ1n) is 6.02. The van der Waals surface area contributed by atoms with Gasteiger partial charge in [0.25, 0.3) is 0 Å². The molecule has 0 aliphatic heterocycles. The van der Waals surface area contributed by atoms with Crippen molar-refractivity contribution in [2.45, 2.75) is 30.8 Å². The van der Waals surface area contributed by atoms with Gasteiger partial charge in [-0.2, -0.15) is 0 Å². The fourth-order valence-electron chi connectivity index (χ4n) is 1.65. The zero-order valence-electron chi connectivity index (χ0n) is 11.2. The maximum absolute atomic E-state index is 12.2. The smallest absolute Gasteiger partial charge is 0.244 e. The molecule has 5 nitrogen and oxygen atoms in total. The second kappa shape index (κ2) is 7.61. The van der Waals surface area contributed by atoms with Crippen molar-refractivity contribution >= 4 is 37.6 Å². The van der Waals surface area contributed by atoms with Gasteiger partial charge in [0.1, 0.15) is 4.90 Å². The summed E-state index contributed by atoms with van der Waals surface area (Å²) in [6, 6.07) is 2.85. The molecule has 8 heteroatoms. The van der Waals surface area contributed by atoms with Gasteiger partial charge >= 0.3 is 0 Å². The zero-order valence-corrected chi connectivity index (χ0v) is 14.3. The highest BCUT2D eigenvalue weighted by atomic mass is 79.9. The Bertz CT molecular complexity index is 565. The van der Waals surface area contributed by atoms with E-state index in [9.17, 15) is 13.5 Å².